The minimum atomic E-state index is -4.27. The molecule has 0 aliphatic heterocycles. The van der Waals surface area contributed by atoms with Crippen molar-refractivity contribution in [2.24, 2.45) is 5.41 Å². The fourth-order valence-electron chi connectivity index (χ4n) is 1.98. The number of ether oxygens (including phenoxy) is 1. The van der Waals surface area contributed by atoms with Crippen LogP contribution >= 0.6 is 0 Å². The summed E-state index contributed by atoms with van der Waals surface area (Å²) in [5.74, 6) is -1.03. The Morgan fingerprint density at radius 1 is 1.22 bits per heavy atom. The van der Waals surface area contributed by atoms with Gasteiger partial charge in [-0.05, 0) is 59.2 Å². The van der Waals surface area contributed by atoms with Crippen molar-refractivity contribution in [1.82, 2.24) is 5.32 Å². The van der Waals surface area contributed by atoms with Crippen LogP contribution in [0.2, 0.25) is 0 Å². The summed E-state index contributed by atoms with van der Waals surface area (Å²) >= 11 is 0. The first kappa shape index (κ1) is 22.9. The van der Waals surface area contributed by atoms with Gasteiger partial charge in [0, 0.05) is 12.1 Å². The molecule has 27 heavy (non-hydrogen) atoms. The zero-order valence-corrected chi connectivity index (χ0v) is 17.2. The summed E-state index contributed by atoms with van der Waals surface area (Å²) in [6.45, 7) is 10.3. The third-order valence-corrected chi connectivity index (χ3v) is 4.99. The molecule has 0 spiro atoms. The van der Waals surface area contributed by atoms with Gasteiger partial charge in [-0.3, -0.25) is 9.59 Å². The van der Waals surface area contributed by atoms with Crippen LogP contribution in [0.5, 0.6) is 11.5 Å². The highest BCUT2D eigenvalue weighted by molar-refractivity contribution is 7.87. The molecule has 0 radical (unpaired) electrons. The van der Waals surface area contributed by atoms with E-state index in [9.17, 15) is 23.1 Å². The molecule has 0 aliphatic carbocycles. The Morgan fingerprint density at radius 2 is 1.81 bits per heavy atom. The van der Waals surface area contributed by atoms with Crippen molar-refractivity contribution in [3.63, 3.8) is 0 Å². The lowest BCUT2D eigenvalue weighted by Crippen LogP contribution is -2.40. The van der Waals surface area contributed by atoms with Gasteiger partial charge in [-0.15, -0.1) is 0 Å². The topological polar surface area (TPSA) is 119 Å². The summed E-state index contributed by atoms with van der Waals surface area (Å²) in [6.07, 6.45) is 0. The predicted octanol–water partition coefficient (Wildman–Crippen LogP) is 2.28. The van der Waals surface area contributed by atoms with Crippen molar-refractivity contribution in [3.8, 4) is 11.5 Å². The zero-order valence-electron chi connectivity index (χ0n) is 16.4. The van der Waals surface area contributed by atoms with E-state index >= 15 is 0 Å². The molecule has 152 valence electrons. The van der Waals surface area contributed by atoms with Gasteiger partial charge < -0.3 is 19.3 Å². The number of carbonyl (C=O) groups excluding carboxylic acids is 2. The lowest BCUT2D eigenvalue weighted by atomic mass is 9.97. The number of phenols is 1. The predicted molar refractivity (Wildman–Crippen MR) is 99.8 cm³/mol. The third-order valence-electron chi connectivity index (χ3n) is 3.51. The highest BCUT2D eigenvalue weighted by Gasteiger charge is 2.31. The smallest absolute Gasteiger partial charge is 0.319 e. The first-order valence-corrected chi connectivity index (χ1v) is 9.80. The molecule has 0 saturated carbocycles. The maximum Gasteiger partial charge on any atom is 0.319 e. The number of esters is 1. The zero-order chi connectivity index (χ0) is 21.0. The lowest BCUT2D eigenvalue weighted by molar-refractivity contribution is -0.143. The second kappa shape index (κ2) is 8.26. The number of benzene rings is 1. The summed E-state index contributed by atoms with van der Waals surface area (Å²) < 4.78 is 34.0. The van der Waals surface area contributed by atoms with Crippen LogP contribution in [0.1, 0.15) is 52.4 Å². The Balaban J connectivity index is 3.21. The summed E-state index contributed by atoms with van der Waals surface area (Å²) in [5.41, 5.74) is -0.980. The standard InChI is InChI=1S/C18H27NO7S/c1-17(2,3)16(22)26-14-8-7-12(9-13(14)21)15(10-19-18(4,5)6)27(23,24)25-11-20/h7-9,11,15,19,21H,10H2,1-6H3. The van der Waals surface area contributed by atoms with E-state index < -0.39 is 32.5 Å². The molecule has 1 atom stereocenters. The van der Waals surface area contributed by atoms with Crippen LogP contribution in [0, 0.1) is 5.41 Å². The first-order chi connectivity index (χ1) is 12.2. The fourth-order valence-corrected chi connectivity index (χ4v) is 2.99. The van der Waals surface area contributed by atoms with Crippen LogP contribution in [-0.2, 0) is 23.9 Å². The Bertz CT molecular complexity index is 789. The van der Waals surface area contributed by atoms with E-state index in [1.807, 2.05) is 20.8 Å². The molecule has 9 heteroatoms. The normalized spacial score (nSPS) is 13.7. The second-order valence-electron chi connectivity index (χ2n) is 8.17. The molecule has 1 unspecified atom stereocenters. The molecule has 0 aromatic heterocycles. The van der Waals surface area contributed by atoms with Crippen molar-refractivity contribution in [2.45, 2.75) is 52.3 Å². The Morgan fingerprint density at radius 3 is 2.26 bits per heavy atom. The van der Waals surface area contributed by atoms with Crippen molar-refractivity contribution in [2.75, 3.05) is 6.54 Å². The van der Waals surface area contributed by atoms with Crippen molar-refractivity contribution in [3.05, 3.63) is 23.8 Å². The molecular formula is C18H27NO7S. The molecule has 8 nitrogen and oxygen atoms in total. The van der Waals surface area contributed by atoms with Crippen molar-refractivity contribution < 1.29 is 32.0 Å². The van der Waals surface area contributed by atoms with Crippen LogP contribution in [0.25, 0.3) is 0 Å². The van der Waals surface area contributed by atoms with Gasteiger partial charge in [0.15, 0.2) is 11.5 Å². The number of rotatable bonds is 7. The molecular weight excluding hydrogens is 374 g/mol. The maximum atomic E-state index is 12.3. The van der Waals surface area contributed by atoms with Gasteiger partial charge in [-0.1, -0.05) is 6.07 Å². The van der Waals surface area contributed by atoms with Crippen LogP contribution < -0.4 is 10.1 Å². The van der Waals surface area contributed by atoms with Crippen molar-refractivity contribution in [1.29, 1.82) is 0 Å². The molecule has 0 aliphatic rings. The molecule has 1 aromatic carbocycles. The molecule has 2 N–H and O–H groups in total. The third kappa shape index (κ3) is 6.84. The van der Waals surface area contributed by atoms with Gasteiger partial charge in [-0.25, -0.2) is 0 Å². The van der Waals surface area contributed by atoms with Crippen LogP contribution in [-0.4, -0.2) is 38.0 Å². The Kier molecular flexibility index (Phi) is 7.01. The van der Waals surface area contributed by atoms with Crippen LogP contribution in [0.15, 0.2) is 18.2 Å². The average molecular weight is 401 g/mol. The Labute approximate surface area is 160 Å². The summed E-state index contributed by atoms with van der Waals surface area (Å²) in [5, 5.41) is 12.0. The van der Waals surface area contributed by atoms with E-state index in [1.54, 1.807) is 20.8 Å². The number of phenolic OH excluding ortho intramolecular Hbond substituents is 1. The summed E-state index contributed by atoms with van der Waals surface area (Å²) in [4.78, 5) is 22.5. The number of carbonyl (C=O) groups is 2. The molecule has 1 rings (SSSR count). The highest BCUT2D eigenvalue weighted by atomic mass is 32.2. The number of hydrogen-bond acceptors (Lipinski definition) is 8. The molecule has 0 bridgehead atoms. The van der Waals surface area contributed by atoms with Gasteiger partial charge in [-0.2, -0.15) is 8.42 Å². The number of hydrogen-bond donors (Lipinski definition) is 2. The highest BCUT2D eigenvalue weighted by Crippen LogP contribution is 2.33. The first-order valence-electron chi connectivity index (χ1n) is 8.33. The molecule has 0 fully saturated rings. The van der Waals surface area contributed by atoms with Gasteiger partial charge >= 0.3 is 22.6 Å². The number of aromatic hydroxyl groups is 1. The van der Waals surface area contributed by atoms with E-state index in [1.165, 1.54) is 18.2 Å². The van der Waals surface area contributed by atoms with Crippen LogP contribution in [0.3, 0.4) is 0 Å². The van der Waals surface area contributed by atoms with E-state index in [2.05, 4.69) is 9.50 Å². The van der Waals surface area contributed by atoms with Crippen LogP contribution in [0.4, 0.5) is 0 Å². The average Bonchev–Trinajstić information content (AvgIpc) is 2.47. The monoisotopic (exact) mass is 401 g/mol. The minimum Gasteiger partial charge on any atom is -0.504 e. The quantitative estimate of drug-likeness (QED) is 0.309. The second-order valence-corrected chi connectivity index (χ2v) is 9.92. The summed E-state index contributed by atoms with van der Waals surface area (Å²) in [6, 6.07) is 3.87. The minimum absolute atomic E-state index is 0.0553. The largest absolute Gasteiger partial charge is 0.504 e. The SMILES string of the molecule is CC(C)(C)NCC(c1ccc(OC(=O)C(C)(C)C)c(O)c1)S(=O)(=O)OC=O. The summed E-state index contributed by atoms with van der Waals surface area (Å²) in [7, 11) is -4.27. The molecule has 0 amide bonds. The van der Waals surface area contributed by atoms with Gasteiger partial charge in [0.05, 0.1) is 5.41 Å². The van der Waals surface area contributed by atoms with E-state index in [0.29, 0.717) is 0 Å². The van der Waals surface area contributed by atoms with E-state index in [-0.39, 0.29) is 29.9 Å². The van der Waals surface area contributed by atoms with Gasteiger partial charge in [0.2, 0.25) is 0 Å². The molecule has 1 aromatic rings. The Hall–Kier alpha value is -2.13. The molecule has 0 heterocycles. The lowest BCUT2D eigenvalue weighted by Gasteiger charge is -2.25. The van der Waals surface area contributed by atoms with E-state index in [4.69, 9.17) is 4.74 Å². The van der Waals surface area contributed by atoms with Gasteiger partial charge in [0.1, 0.15) is 5.25 Å². The van der Waals surface area contributed by atoms with Crippen molar-refractivity contribution >= 4 is 22.6 Å². The fraction of sp³-hybridized carbons (Fsp3) is 0.556. The number of nitrogens with one attached hydrogen (secondary N) is 1. The van der Waals surface area contributed by atoms with E-state index in [0.717, 1.165) is 0 Å². The van der Waals surface area contributed by atoms with Gasteiger partial charge in [0.25, 0.3) is 0 Å². The maximum absolute atomic E-state index is 12.3. The molecule has 0 saturated heterocycles.